The Morgan fingerprint density at radius 3 is 2.85 bits per heavy atom. The normalized spacial score (nSPS) is 10.8. The van der Waals surface area contributed by atoms with Gasteiger partial charge < -0.3 is 19.2 Å². The summed E-state index contributed by atoms with van der Waals surface area (Å²) in [5.74, 6) is 1.11. The van der Waals surface area contributed by atoms with E-state index in [0.717, 1.165) is 6.42 Å². The second kappa shape index (κ2) is 7.66. The van der Waals surface area contributed by atoms with Crippen molar-refractivity contribution in [3.63, 3.8) is 0 Å². The van der Waals surface area contributed by atoms with Crippen molar-refractivity contribution in [1.29, 1.82) is 0 Å². The van der Waals surface area contributed by atoms with E-state index in [1.807, 2.05) is 6.92 Å². The van der Waals surface area contributed by atoms with Crippen LogP contribution in [0.25, 0.3) is 11.1 Å². The largest absolute Gasteiger partial charge is 0.493 e. The molecule has 0 bridgehead atoms. The molecule has 0 unspecified atom stereocenters. The molecule has 1 aromatic heterocycles. The van der Waals surface area contributed by atoms with Gasteiger partial charge >= 0.3 is 0 Å². The van der Waals surface area contributed by atoms with Crippen molar-refractivity contribution in [2.24, 2.45) is 0 Å². The van der Waals surface area contributed by atoms with E-state index in [-0.39, 0.29) is 5.91 Å². The van der Waals surface area contributed by atoms with Crippen molar-refractivity contribution in [3.05, 3.63) is 46.8 Å². The molecular formula is C19H19ClN2O4. The molecular weight excluding hydrogens is 356 g/mol. The molecule has 26 heavy (non-hydrogen) atoms. The number of ether oxygens (including phenoxy) is 2. The highest BCUT2D eigenvalue weighted by Crippen LogP contribution is 2.36. The van der Waals surface area contributed by atoms with Gasteiger partial charge in [0.1, 0.15) is 5.52 Å². The number of carbonyl (C=O) groups excluding carboxylic acids is 1. The number of rotatable bonds is 6. The van der Waals surface area contributed by atoms with Crippen LogP contribution in [0.5, 0.6) is 11.5 Å². The Morgan fingerprint density at radius 2 is 2.12 bits per heavy atom. The Labute approximate surface area is 156 Å². The van der Waals surface area contributed by atoms with Crippen LogP contribution in [-0.2, 0) is 0 Å². The van der Waals surface area contributed by atoms with Gasteiger partial charge in [0.2, 0.25) is 0 Å². The molecule has 0 aliphatic heterocycles. The summed E-state index contributed by atoms with van der Waals surface area (Å²) in [4.78, 5) is 16.9. The van der Waals surface area contributed by atoms with Gasteiger partial charge in [-0.25, -0.2) is 4.98 Å². The Balaban J connectivity index is 1.85. The zero-order chi connectivity index (χ0) is 18.7. The first-order valence-corrected chi connectivity index (χ1v) is 8.58. The number of aryl methyl sites for hydroxylation is 1. The minimum atomic E-state index is -0.313. The summed E-state index contributed by atoms with van der Waals surface area (Å²) in [7, 11) is 1.51. The number of benzene rings is 2. The lowest BCUT2D eigenvalue weighted by Crippen LogP contribution is -2.12. The van der Waals surface area contributed by atoms with Crippen LogP contribution in [0.15, 0.2) is 34.7 Å². The average molecular weight is 375 g/mol. The summed E-state index contributed by atoms with van der Waals surface area (Å²) in [5, 5.41) is 3.15. The van der Waals surface area contributed by atoms with Crippen LogP contribution in [0, 0.1) is 6.92 Å². The maximum atomic E-state index is 12.6. The predicted octanol–water partition coefficient (Wildman–Crippen LogP) is 4.84. The second-order valence-corrected chi connectivity index (χ2v) is 6.11. The maximum absolute atomic E-state index is 12.6. The first-order chi connectivity index (χ1) is 12.5. The van der Waals surface area contributed by atoms with E-state index in [1.165, 1.54) is 7.11 Å². The first kappa shape index (κ1) is 18.1. The van der Waals surface area contributed by atoms with E-state index in [4.69, 9.17) is 25.5 Å². The van der Waals surface area contributed by atoms with Gasteiger partial charge in [-0.2, -0.15) is 0 Å². The zero-order valence-electron chi connectivity index (χ0n) is 14.8. The number of anilines is 1. The summed E-state index contributed by atoms with van der Waals surface area (Å²) in [6.07, 6.45) is 0.839. The molecule has 1 amide bonds. The van der Waals surface area contributed by atoms with Gasteiger partial charge in [0.15, 0.2) is 23.0 Å². The fourth-order valence-corrected chi connectivity index (χ4v) is 2.78. The van der Waals surface area contributed by atoms with Crippen molar-refractivity contribution in [3.8, 4) is 11.5 Å². The number of amides is 1. The first-order valence-electron chi connectivity index (χ1n) is 8.20. The third-order valence-electron chi connectivity index (χ3n) is 3.69. The number of aromatic nitrogens is 1. The van der Waals surface area contributed by atoms with E-state index in [9.17, 15) is 4.79 Å². The van der Waals surface area contributed by atoms with Gasteiger partial charge in [0.25, 0.3) is 5.91 Å². The summed E-state index contributed by atoms with van der Waals surface area (Å²) in [6, 6.07) is 8.43. The summed E-state index contributed by atoms with van der Waals surface area (Å²) in [5.41, 5.74) is 2.33. The smallest absolute Gasteiger partial charge is 0.255 e. The van der Waals surface area contributed by atoms with Crippen LogP contribution >= 0.6 is 11.6 Å². The highest BCUT2D eigenvalue weighted by molar-refractivity contribution is 6.32. The van der Waals surface area contributed by atoms with Gasteiger partial charge in [-0.1, -0.05) is 18.5 Å². The summed E-state index contributed by atoms with van der Waals surface area (Å²) in [6.45, 7) is 4.28. The molecule has 0 radical (unpaired) electrons. The van der Waals surface area contributed by atoms with Gasteiger partial charge in [-0.15, -0.1) is 0 Å². The summed E-state index contributed by atoms with van der Waals surface area (Å²) < 4.78 is 16.3. The van der Waals surface area contributed by atoms with Crippen molar-refractivity contribution in [1.82, 2.24) is 4.98 Å². The topological polar surface area (TPSA) is 73.6 Å². The lowest BCUT2D eigenvalue weighted by atomic mass is 10.1. The number of carbonyl (C=O) groups is 1. The molecule has 6 nitrogen and oxygen atoms in total. The molecule has 0 fully saturated rings. The monoisotopic (exact) mass is 374 g/mol. The van der Waals surface area contributed by atoms with Crippen LogP contribution in [0.4, 0.5) is 5.69 Å². The molecule has 2 aromatic carbocycles. The molecule has 0 aliphatic carbocycles. The van der Waals surface area contributed by atoms with Crippen molar-refractivity contribution < 1.29 is 18.7 Å². The van der Waals surface area contributed by atoms with E-state index >= 15 is 0 Å². The molecule has 0 saturated carbocycles. The molecule has 7 heteroatoms. The summed E-state index contributed by atoms with van der Waals surface area (Å²) >= 11 is 6.27. The second-order valence-electron chi connectivity index (χ2n) is 5.71. The standard InChI is InChI=1S/C19H19ClN2O4/c1-4-7-25-18-14(20)8-12(9-17(18)24-3)19(23)22-13-5-6-16-15(10-13)21-11(2)26-16/h5-6,8-10H,4,7H2,1-3H3,(H,22,23). The molecule has 136 valence electrons. The van der Waals surface area contributed by atoms with Crippen LogP contribution in [0.3, 0.4) is 0 Å². The van der Waals surface area contributed by atoms with E-state index in [0.29, 0.717) is 51.4 Å². The molecule has 3 rings (SSSR count). The van der Waals surface area contributed by atoms with E-state index < -0.39 is 0 Å². The molecule has 0 aliphatic rings. The number of fused-ring (bicyclic) bond motifs is 1. The number of oxazole rings is 1. The highest BCUT2D eigenvalue weighted by Gasteiger charge is 2.16. The van der Waals surface area contributed by atoms with Crippen molar-refractivity contribution in [2.45, 2.75) is 20.3 Å². The number of nitrogens with zero attached hydrogens (tertiary/aromatic N) is 1. The molecule has 1 heterocycles. The zero-order valence-corrected chi connectivity index (χ0v) is 15.5. The van der Waals surface area contributed by atoms with Crippen LogP contribution in [-0.4, -0.2) is 24.6 Å². The number of methoxy groups -OCH3 is 1. The van der Waals surface area contributed by atoms with Gasteiger partial charge in [0, 0.05) is 18.2 Å². The molecule has 0 spiro atoms. The Kier molecular flexibility index (Phi) is 5.32. The highest BCUT2D eigenvalue weighted by atomic mass is 35.5. The quantitative estimate of drug-likeness (QED) is 0.668. The number of hydrogen-bond donors (Lipinski definition) is 1. The fraction of sp³-hybridized carbons (Fsp3) is 0.263. The number of hydrogen-bond acceptors (Lipinski definition) is 5. The minimum absolute atomic E-state index is 0.313. The van der Waals surface area contributed by atoms with Crippen molar-refractivity contribution in [2.75, 3.05) is 19.0 Å². The van der Waals surface area contributed by atoms with Gasteiger partial charge in [-0.05, 0) is 36.8 Å². The lowest BCUT2D eigenvalue weighted by Gasteiger charge is -2.13. The van der Waals surface area contributed by atoms with Gasteiger partial charge in [0.05, 0.1) is 18.7 Å². The predicted molar refractivity (Wildman–Crippen MR) is 100 cm³/mol. The Bertz CT molecular complexity index is 952. The van der Waals surface area contributed by atoms with Crippen LogP contribution in [0.1, 0.15) is 29.6 Å². The Hall–Kier alpha value is -2.73. The minimum Gasteiger partial charge on any atom is -0.493 e. The van der Waals surface area contributed by atoms with Crippen molar-refractivity contribution >= 4 is 34.3 Å². The van der Waals surface area contributed by atoms with Gasteiger partial charge in [-0.3, -0.25) is 4.79 Å². The number of nitrogens with one attached hydrogen (secondary N) is 1. The maximum Gasteiger partial charge on any atom is 0.255 e. The van der Waals surface area contributed by atoms with E-state index in [2.05, 4.69) is 10.3 Å². The lowest BCUT2D eigenvalue weighted by molar-refractivity contribution is 0.102. The molecule has 1 N–H and O–H groups in total. The number of halogens is 1. The Morgan fingerprint density at radius 1 is 1.31 bits per heavy atom. The van der Waals surface area contributed by atoms with E-state index in [1.54, 1.807) is 37.3 Å². The molecule has 3 aromatic rings. The van der Waals surface area contributed by atoms with Crippen LogP contribution < -0.4 is 14.8 Å². The fourth-order valence-electron chi connectivity index (χ4n) is 2.52. The third-order valence-corrected chi connectivity index (χ3v) is 3.98. The SMILES string of the molecule is CCCOc1c(Cl)cc(C(=O)Nc2ccc3oc(C)nc3c2)cc1OC. The molecule has 0 atom stereocenters. The third kappa shape index (κ3) is 3.75. The van der Waals surface area contributed by atoms with Crippen LogP contribution in [0.2, 0.25) is 5.02 Å². The molecule has 0 saturated heterocycles. The average Bonchev–Trinajstić information content (AvgIpc) is 2.99.